The molecule has 0 aromatic heterocycles. The number of halogens is 2. The van der Waals surface area contributed by atoms with Crippen LogP contribution in [0.4, 0.5) is 0 Å². The zero-order valence-corrected chi connectivity index (χ0v) is 18.8. The average Bonchev–Trinajstić information content (AvgIpc) is 2.65. The smallest absolute Gasteiger partial charge is 0.276 e. The number of rotatable bonds is 6. The summed E-state index contributed by atoms with van der Waals surface area (Å²) in [6.45, 7) is 3.46. The second-order valence-corrected chi connectivity index (χ2v) is 7.68. The summed E-state index contributed by atoms with van der Waals surface area (Å²) in [6, 6.07) is 11.7. The van der Waals surface area contributed by atoms with E-state index in [1.165, 1.54) is 0 Å². The van der Waals surface area contributed by atoms with Crippen molar-refractivity contribution in [2.45, 2.75) is 20.0 Å². The molecule has 2 aromatic rings. The van der Waals surface area contributed by atoms with E-state index in [-0.39, 0.29) is 17.8 Å². The predicted molar refractivity (Wildman–Crippen MR) is 118 cm³/mol. The molecule has 0 spiro atoms. The van der Waals surface area contributed by atoms with Crippen LogP contribution in [0.25, 0.3) is 0 Å². The summed E-state index contributed by atoms with van der Waals surface area (Å²) in [5, 5.41) is 2.94. The SMILES string of the molecule is CC(C)Oc1ccccc1C(=O)NC(=S)NNC(=O)COc1ccc(Cl)cc1Br. The predicted octanol–water partition coefficient (Wildman–Crippen LogP) is 3.60. The number of amides is 2. The highest BCUT2D eigenvalue weighted by molar-refractivity contribution is 9.10. The lowest BCUT2D eigenvalue weighted by Gasteiger charge is -2.15. The van der Waals surface area contributed by atoms with Crippen LogP contribution in [0, 0.1) is 0 Å². The first-order chi connectivity index (χ1) is 13.8. The molecule has 154 valence electrons. The van der Waals surface area contributed by atoms with E-state index >= 15 is 0 Å². The maximum atomic E-state index is 12.4. The lowest BCUT2D eigenvalue weighted by molar-refractivity contribution is -0.123. The van der Waals surface area contributed by atoms with Gasteiger partial charge in [0.2, 0.25) is 0 Å². The lowest BCUT2D eigenvalue weighted by Crippen LogP contribution is -2.49. The van der Waals surface area contributed by atoms with Gasteiger partial charge in [0.05, 0.1) is 16.1 Å². The molecule has 0 saturated heterocycles. The second kappa shape index (κ2) is 11.0. The molecular weight excluding hydrogens is 482 g/mol. The van der Waals surface area contributed by atoms with Gasteiger partial charge >= 0.3 is 0 Å². The number of hydrogen-bond donors (Lipinski definition) is 3. The summed E-state index contributed by atoms with van der Waals surface area (Å²) in [7, 11) is 0. The molecule has 3 N–H and O–H groups in total. The molecule has 2 amide bonds. The molecule has 0 aliphatic heterocycles. The van der Waals surface area contributed by atoms with Crippen molar-refractivity contribution in [3.63, 3.8) is 0 Å². The van der Waals surface area contributed by atoms with E-state index in [2.05, 4.69) is 32.1 Å². The molecule has 10 heteroatoms. The third-order valence-corrected chi connectivity index (χ3v) is 4.35. The molecule has 0 heterocycles. The molecule has 0 fully saturated rings. The fraction of sp³-hybridized carbons (Fsp3) is 0.211. The topological polar surface area (TPSA) is 88.7 Å². The summed E-state index contributed by atoms with van der Waals surface area (Å²) in [5.74, 6) is -0.0581. The standard InChI is InChI=1S/C19H19BrClN3O4S/c1-11(2)28-15-6-4-3-5-13(15)18(26)22-19(29)24-23-17(25)10-27-16-8-7-12(21)9-14(16)20/h3-9,11H,10H2,1-2H3,(H,23,25)(H2,22,24,26,29). The average molecular weight is 501 g/mol. The molecule has 0 saturated carbocycles. The minimum Gasteiger partial charge on any atom is -0.490 e. The Morgan fingerprint density at radius 3 is 2.55 bits per heavy atom. The number of benzene rings is 2. The molecule has 0 atom stereocenters. The molecule has 7 nitrogen and oxygen atoms in total. The lowest BCUT2D eigenvalue weighted by atomic mass is 10.2. The number of ether oxygens (including phenoxy) is 2. The highest BCUT2D eigenvalue weighted by Gasteiger charge is 2.15. The van der Waals surface area contributed by atoms with Gasteiger partial charge in [0.15, 0.2) is 11.7 Å². The van der Waals surface area contributed by atoms with Crippen molar-refractivity contribution in [1.82, 2.24) is 16.2 Å². The number of hydrogen-bond acceptors (Lipinski definition) is 5. The van der Waals surface area contributed by atoms with Crippen LogP contribution in [0.3, 0.4) is 0 Å². The van der Waals surface area contributed by atoms with Gasteiger partial charge < -0.3 is 9.47 Å². The van der Waals surface area contributed by atoms with E-state index in [0.29, 0.717) is 26.6 Å². The minimum atomic E-state index is -0.494. The highest BCUT2D eigenvalue weighted by atomic mass is 79.9. The molecule has 0 aliphatic rings. The van der Waals surface area contributed by atoms with Crippen LogP contribution in [-0.4, -0.2) is 29.6 Å². The van der Waals surface area contributed by atoms with Gasteiger partial charge in [0, 0.05) is 5.02 Å². The van der Waals surface area contributed by atoms with Gasteiger partial charge in [-0.15, -0.1) is 0 Å². The van der Waals surface area contributed by atoms with Crippen molar-refractivity contribution in [2.75, 3.05) is 6.61 Å². The fourth-order valence-electron chi connectivity index (χ4n) is 2.11. The molecular formula is C19H19BrClN3O4S. The number of carbonyl (C=O) groups excluding carboxylic acids is 2. The van der Waals surface area contributed by atoms with Crippen molar-refractivity contribution in [1.29, 1.82) is 0 Å². The Kier molecular flexibility index (Phi) is 8.69. The Labute approximate surface area is 187 Å². The van der Waals surface area contributed by atoms with Gasteiger partial charge in [-0.1, -0.05) is 23.7 Å². The molecule has 0 aliphatic carbocycles. The quantitative estimate of drug-likeness (QED) is 0.415. The van der Waals surface area contributed by atoms with E-state index in [0.717, 1.165) is 0 Å². The van der Waals surface area contributed by atoms with Crippen molar-refractivity contribution >= 4 is 56.7 Å². The molecule has 0 bridgehead atoms. The van der Waals surface area contributed by atoms with Gasteiger partial charge in [-0.3, -0.25) is 25.8 Å². The molecule has 0 radical (unpaired) electrons. The Morgan fingerprint density at radius 1 is 1.14 bits per heavy atom. The Morgan fingerprint density at radius 2 is 1.86 bits per heavy atom. The summed E-state index contributed by atoms with van der Waals surface area (Å²) in [6.07, 6.45) is -0.0889. The van der Waals surface area contributed by atoms with E-state index in [4.69, 9.17) is 33.3 Å². The second-order valence-electron chi connectivity index (χ2n) is 5.98. The fourth-order valence-corrected chi connectivity index (χ4v) is 3.05. The van der Waals surface area contributed by atoms with Crippen molar-refractivity contribution in [3.8, 4) is 11.5 Å². The van der Waals surface area contributed by atoms with Crippen molar-refractivity contribution in [3.05, 3.63) is 57.5 Å². The Hall–Kier alpha value is -2.36. The third kappa shape index (κ3) is 7.52. The third-order valence-electron chi connectivity index (χ3n) is 3.29. The largest absolute Gasteiger partial charge is 0.490 e. The normalized spacial score (nSPS) is 10.2. The zero-order chi connectivity index (χ0) is 21.4. The first-order valence-corrected chi connectivity index (χ1v) is 10.1. The first-order valence-electron chi connectivity index (χ1n) is 8.50. The van der Waals surface area contributed by atoms with Crippen LogP contribution in [-0.2, 0) is 4.79 Å². The van der Waals surface area contributed by atoms with Crippen LogP contribution in [0.5, 0.6) is 11.5 Å². The maximum Gasteiger partial charge on any atom is 0.276 e. The summed E-state index contributed by atoms with van der Waals surface area (Å²) in [4.78, 5) is 24.3. The van der Waals surface area contributed by atoms with Crippen molar-refractivity contribution < 1.29 is 19.1 Å². The number of carbonyl (C=O) groups is 2. The number of thiocarbonyl (C=S) groups is 1. The monoisotopic (exact) mass is 499 g/mol. The molecule has 0 unspecified atom stereocenters. The first kappa shape index (κ1) is 22.9. The zero-order valence-electron chi connectivity index (χ0n) is 15.6. The van der Waals surface area contributed by atoms with Crippen LogP contribution in [0.2, 0.25) is 5.02 Å². The van der Waals surface area contributed by atoms with Crippen LogP contribution in [0.15, 0.2) is 46.9 Å². The Bertz CT molecular complexity index is 911. The van der Waals surface area contributed by atoms with E-state index in [1.807, 2.05) is 13.8 Å². The van der Waals surface area contributed by atoms with Crippen molar-refractivity contribution in [2.24, 2.45) is 0 Å². The van der Waals surface area contributed by atoms with Gasteiger partial charge in [0.25, 0.3) is 11.8 Å². The summed E-state index contributed by atoms with van der Waals surface area (Å²) in [5.41, 5.74) is 5.12. The van der Waals surface area contributed by atoms with Gasteiger partial charge in [0.1, 0.15) is 11.5 Å². The Balaban J connectivity index is 1.82. The molecule has 2 aromatic carbocycles. The van der Waals surface area contributed by atoms with Gasteiger partial charge in [-0.2, -0.15) is 0 Å². The highest BCUT2D eigenvalue weighted by Crippen LogP contribution is 2.27. The molecule has 2 rings (SSSR count). The summed E-state index contributed by atoms with van der Waals surface area (Å²) >= 11 is 14.2. The van der Waals surface area contributed by atoms with Gasteiger partial charge in [-0.05, 0) is 72.3 Å². The van der Waals surface area contributed by atoms with Gasteiger partial charge in [-0.25, -0.2) is 0 Å². The number of hydrazine groups is 1. The van der Waals surface area contributed by atoms with E-state index in [9.17, 15) is 9.59 Å². The number of nitrogens with one attached hydrogen (secondary N) is 3. The number of para-hydroxylation sites is 1. The van der Waals surface area contributed by atoms with E-state index < -0.39 is 11.8 Å². The van der Waals surface area contributed by atoms with E-state index in [1.54, 1.807) is 42.5 Å². The summed E-state index contributed by atoms with van der Waals surface area (Å²) < 4.78 is 11.6. The maximum absolute atomic E-state index is 12.4. The van der Waals surface area contributed by atoms with Crippen LogP contribution >= 0.6 is 39.7 Å². The van der Waals surface area contributed by atoms with Crippen LogP contribution < -0.4 is 25.6 Å². The van der Waals surface area contributed by atoms with Crippen LogP contribution in [0.1, 0.15) is 24.2 Å². The minimum absolute atomic E-state index is 0.0737. The molecule has 29 heavy (non-hydrogen) atoms.